The zero-order valence-electron chi connectivity index (χ0n) is 12.4. The minimum Gasteiger partial charge on any atom is -0.445 e. The zero-order chi connectivity index (χ0) is 15.3. The van der Waals surface area contributed by atoms with Gasteiger partial charge in [-0.1, -0.05) is 6.92 Å². The molecule has 1 heterocycles. The molecule has 0 spiro atoms. The third-order valence-corrected chi connectivity index (χ3v) is 4.11. The fourth-order valence-corrected chi connectivity index (χ4v) is 2.83. The van der Waals surface area contributed by atoms with E-state index in [1.165, 1.54) is 0 Å². The second kappa shape index (κ2) is 7.29. The Bertz CT molecular complexity index is 423. The molecular weight excluding hydrogens is 281 g/mol. The third kappa shape index (κ3) is 4.73. The van der Waals surface area contributed by atoms with Crippen molar-refractivity contribution >= 4 is 0 Å². The Morgan fingerprint density at radius 2 is 1.95 bits per heavy atom. The van der Waals surface area contributed by atoms with Gasteiger partial charge in [-0.3, -0.25) is 0 Å². The number of hydrogen-bond acceptors (Lipinski definition) is 3. The molecule has 1 saturated carbocycles. The van der Waals surface area contributed by atoms with E-state index in [9.17, 15) is 13.2 Å². The van der Waals surface area contributed by atoms with Crippen molar-refractivity contribution in [1.82, 2.24) is 10.3 Å². The van der Waals surface area contributed by atoms with E-state index in [4.69, 9.17) is 4.42 Å². The highest BCUT2D eigenvalue weighted by Crippen LogP contribution is 2.42. The first-order valence-corrected chi connectivity index (χ1v) is 7.72. The van der Waals surface area contributed by atoms with Gasteiger partial charge in [0.15, 0.2) is 5.89 Å². The van der Waals surface area contributed by atoms with E-state index in [0.717, 1.165) is 31.7 Å². The smallest absolute Gasteiger partial charge is 0.391 e. The van der Waals surface area contributed by atoms with Crippen LogP contribution in [0.3, 0.4) is 0 Å². The second-order valence-electron chi connectivity index (χ2n) is 5.75. The molecule has 1 fully saturated rings. The molecule has 1 aromatic rings. The molecule has 0 radical (unpaired) electrons. The Labute approximate surface area is 123 Å². The summed E-state index contributed by atoms with van der Waals surface area (Å²) in [7, 11) is 0. The van der Waals surface area contributed by atoms with Crippen LogP contribution in [0.15, 0.2) is 10.6 Å². The van der Waals surface area contributed by atoms with Gasteiger partial charge in [-0.25, -0.2) is 4.98 Å². The average molecular weight is 304 g/mol. The van der Waals surface area contributed by atoms with Gasteiger partial charge in [0.05, 0.1) is 12.1 Å². The van der Waals surface area contributed by atoms with Gasteiger partial charge >= 0.3 is 6.18 Å². The lowest BCUT2D eigenvalue weighted by Gasteiger charge is -2.28. The molecule has 6 heteroatoms. The lowest BCUT2D eigenvalue weighted by Crippen LogP contribution is -2.27. The molecule has 0 atom stereocenters. The van der Waals surface area contributed by atoms with Gasteiger partial charge < -0.3 is 9.73 Å². The van der Waals surface area contributed by atoms with Gasteiger partial charge in [0, 0.05) is 18.9 Å². The summed E-state index contributed by atoms with van der Waals surface area (Å²) in [5, 5.41) is 3.27. The molecular formula is C15H23F3N2O. The van der Waals surface area contributed by atoms with E-state index < -0.39 is 12.1 Å². The molecule has 0 unspecified atom stereocenters. The van der Waals surface area contributed by atoms with Crippen molar-refractivity contribution in [1.29, 1.82) is 0 Å². The van der Waals surface area contributed by atoms with Gasteiger partial charge in [-0.05, 0) is 38.6 Å². The summed E-state index contributed by atoms with van der Waals surface area (Å²) in [5.74, 6) is 0.371. The summed E-state index contributed by atoms with van der Waals surface area (Å²) < 4.78 is 43.6. The number of oxazole rings is 1. The van der Waals surface area contributed by atoms with Gasteiger partial charge in [0.1, 0.15) is 5.76 Å². The van der Waals surface area contributed by atoms with Crippen LogP contribution in [0.2, 0.25) is 0 Å². The SMILES string of the molecule is CCCNCCc1ncc(C2CCC(C(F)(F)F)CC2)o1. The molecule has 1 aliphatic carbocycles. The van der Waals surface area contributed by atoms with Gasteiger partial charge in [-0.2, -0.15) is 13.2 Å². The number of nitrogens with zero attached hydrogens (tertiary/aromatic N) is 1. The normalized spacial score (nSPS) is 23.4. The van der Waals surface area contributed by atoms with E-state index in [1.54, 1.807) is 6.20 Å². The fraction of sp³-hybridized carbons (Fsp3) is 0.800. The highest BCUT2D eigenvalue weighted by Gasteiger charge is 2.42. The summed E-state index contributed by atoms with van der Waals surface area (Å²) >= 11 is 0. The molecule has 2 rings (SSSR count). The Morgan fingerprint density at radius 1 is 1.24 bits per heavy atom. The standard InChI is InChI=1S/C15H23F3N2O/c1-2-8-19-9-7-14-20-10-13(21-14)11-3-5-12(6-4-11)15(16,17)18/h10-12,19H,2-9H2,1H3. The van der Waals surface area contributed by atoms with Crippen LogP contribution in [0.1, 0.15) is 56.6 Å². The van der Waals surface area contributed by atoms with Crippen LogP contribution in [0.5, 0.6) is 0 Å². The number of hydrogen-bond donors (Lipinski definition) is 1. The predicted molar refractivity (Wildman–Crippen MR) is 74.1 cm³/mol. The Hall–Kier alpha value is -1.04. The minimum atomic E-state index is -4.05. The van der Waals surface area contributed by atoms with Crippen molar-refractivity contribution in [3.05, 3.63) is 17.8 Å². The van der Waals surface area contributed by atoms with Crippen molar-refractivity contribution in [3.8, 4) is 0 Å². The molecule has 0 saturated heterocycles. The number of nitrogens with one attached hydrogen (secondary N) is 1. The predicted octanol–water partition coefficient (Wildman–Crippen LogP) is 4.05. The van der Waals surface area contributed by atoms with Crippen LogP contribution in [-0.2, 0) is 6.42 Å². The van der Waals surface area contributed by atoms with Gasteiger partial charge in [0.25, 0.3) is 0 Å². The Balaban J connectivity index is 1.80. The average Bonchev–Trinajstić information content (AvgIpc) is 2.92. The molecule has 0 aromatic carbocycles. The molecule has 1 aromatic heterocycles. The monoisotopic (exact) mass is 304 g/mol. The fourth-order valence-electron chi connectivity index (χ4n) is 2.83. The molecule has 0 aliphatic heterocycles. The first-order chi connectivity index (χ1) is 10.0. The topological polar surface area (TPSA) is 38.1 Å². The van der Waals surface area contributed by atoms with E-state index >= 15 is 0 Å². The maximum Gasteiger partial charge on any atom is 0.391 e. The molecule has 0 amide bonds. The second-order valence-corrected chi connectivity index (χ2v) is 5.75. The molecule has 3 nitrogen and oxygen atoms in total. The first-order valence-electron chi connectivity index (χ1n) is 7.72. The lowest BCUT2D eigenvalue weighted by atomic mass is 9.81. The molecule has 120 valence electrons. The maximum absolute atomic E-state index is 12.6. The summed E-state index contributed by atoms with van der Waals surface area (Å²) in [6.45, 7) is 3.89. The van der Waals surface area contributed by atoms with E-state index in [-0.39, 0.29) is 18.8 Å². The number of aromatic nitrogens is 1. The Morgan fingerprint density at radius 3 is 2.57 bits per heavy atom. The number of rotatable bonds is 6. The van der Waals surface area contributed by atoms with Crippen LogP contribution >= 0.6 is 0 Å². The molecule has 0 bridgehead atoms. The summed E-state index contributed by atoms with van der Waals surface area (Å²) in [6, 6.07) is 0. The maximum atomic E-state index is 12.6. The third-order valence-electron chi connectivity index (χ3n) is 4.11. The number of halogens is 3. The quantitative estimate of drug-likeness (QED) is 0.806. The highest BCUT2D eigenvalue weighted by atomic mass is 19.4. The van der Waals surface area contributed by atoms with Gasteiger partial charge in [0.2, 0.25) is 0 Å². The van der Waals surface area contributed by atoms with Crippen molar-refractivity contribution in [2.45, 2.75) is 57.5 Å². The minimum absolute atomic E-state index is 0.0912. The van der Waals surface area contributed by atoms with E-state index in [1.807, 2.05) is 0 Å². The number of alkyl halides is 3. The van der Waals surface area contributed by atoms with Crippen LogP contribution in [0.4, 0.5) is 13.2 Å². The summed E-state index contributed by atoms with van der Waals surface area (Å²) in [4.78, 5) is 4.23. The van der Waals surface area contributed by atoms with Crippen molar-refractivity contribution in [2.24, 2.45) is 5.92 Å². The van der Waals surface area contributed by atoms with Crippen molar-refractivity contribution in [2.75, 3.05) is 13.1 Å². The molecule has 1 N–H and O–H groups in total. The van der Waals surface area contributed by atoms with E-state index in [0.29, 0.717) is 18.7 Å². The zero-order valence-corrected chi connectivity index (χ0v) is 12.4. The molecule has 1 aliphatic rings. The first kappa shape index (κ1) is 16.3. The van der Waals surface area contributed by atoms with Crippen molar-refractivity contribution < 1.29 is 17.6 Å². The largest absolute Gasteiger partial charge is 0.445 e. The summed E-state index contributed by atoms with van der Waals surface area (Å²) in [6.07, 6.45) is 0.900. The van der Waals surface area contributed by atoms with Crippen molar-refractivity contribution in [3.63, 3.8) is 0 Å². The van der Waals surface area contributed by atoms with Gasteiger partial charge in [-0.15, -0.1) is 0 Å². The molecule has 21 heavy (non-hydrogen) atoms. The van der Waals surface area contributed by atoms with E-state index in [2.05, 4.69) is 17.2 Å². The van der Waals surface area contributed by atoms with Crippen LogP contribution in [0, 0.1) is 5.92 Å². The summed E-state index contributed by atoms with van der Waals surface area (Å²) in [5.41, 5.74) is 0. The van der Waals surface area contributed by atoms with Crippen LogP contribution < -0.4 is 5.32 Å². The highest BCUT2D eigenvalue weighted by molar-refractivity contribution is 5.04. The lowest BCUT2D eigenvalue weighted by molar-refractivity contribution is -0.182. The Kier molecular flexibility index (Phi) is 5.67. The van der Waals surface area contributed by atoms with Crippen LogP contribution in [-0.4, -0.2) is 24.2 Å². The van der Waals surface area contributed by atoms with Crippen LogP contribution in [0.25, 0.3) is 0 Å².